The molecule has 0 spiro atoms. The molecular formula is C12H18N4O2. The molecule has 2 rings (SSSR count). The molecule has 0 unspecified atom stereocenters. The number of hydrogen-bond acceptors (Lipinski definition) is 5. The molecule has 1 aromatic heterocycles. The Morgan fingerprint density at radius 1 is 1.39 bits per heavy atom. The first-order valence-corrected chi connectivity index (χ1v) is 6.28. The van der Waals surface area contributed by atoms with Gasteiger partial charge in [0.15, 0.2) is 0 Å². The summed E-state index contributed by atoms with van der Waals surface area (Å²) in [4.78, 5) is 18.6. The first kappa shape index (κ1) is 12.6. The standard InChI is InChI=1S/C12H18N4O2/c17-12(18)5-2-6-13-10-7-11(15-8-14-10)16-9-3-1-4-9/h7-9H,1-6H2,(H,17,18)(H2,13,14,15,16). The maximum atomic E-state index is 10.4. The van der Waals surface area contributed by atoms with Crippen molar-refractivity contribution in [2.75, 3.05) is 17.2 Å². The van der Waals surface area contributed by atoms with Crippen LogP contribution in [0.25, 0.3) is 0 Å². The minimum atomic E-state index is -0.771. The Labute approximate surface area is 106 Å². The summed E-state index contributed by atoms with van der Waals surface area (Å²) < 4.78 is 0. The van der Waals surface area contributed by atoms with Crippen molar-refractivity contribution in [3.05, 3.63) is 12.4 Å². The van der Waals surface area contributed by atoms with Crippen molar-refractivity contribution < 1.29 is 9.90 Å². The van der Waals surface area contributed by atoms with Crippen LogP contribution in [-0.2, 0) is 4.79 Å². The van der Waals surface area contributed by atoms with Gasteiger partial charge in [0.25, 0.3) is 0 Å². The van der Waals surface area contributed by atoms with Crippen molar-refractivity contribution in [2.24, 2.45) is 0 Å². The summed E-state index contributed by atoms with van der Waals surface area (Å²) in [6.45, 7) is 0.603. The second-order valence-corrected chi connectivity index (χ2v) is 4.48. The number of aliphatic carboxylic acids is 1. The number of aromatic nitrogens is 2. The van der Waals surface area contributed by atoms with Crippen molar-refractivity contribution in [3.8, 4) is 0 Å². The van der Waals surface area contributed by atoms with Crippen molar-refractivity contribution in [1.82, 2.24) is 9.97 Å². The van der Waals surface area contributed by atoms with E-state index in [0.29, 0.717) is 19.0 Å². The molecule has 98 valence electrons. The fraction of sp³-hybridized carbons (Fsp3) is 0.583. The van der Waals surface area contributed by atoms with Gasteiger partial charge in [-0.1, -0.05) is 0 Å². The number of carbonyl (C=O) groups is 1. The number of nitrogens with one attached hydrogen (secondary N) is 2. The van der Waals surface area contributed by atoms with Crippen LogP contribution in [0.2, 0.25) is 0 Å². The molecule has 0 amide bonds. The van der Waals surface area contributed by atoms with Gasteiger partial charge in [-0.05, 0) is 25.7 Å². The Bertz CT molecular complexity index is 407. The van der Waals surface area contributed by atoms with E-state index in [1.807, 2.05) is 6.07 Å². The van der Waals surface area contributed by atoms with Crippen LogP contribution in [0.3, 0.4) is 0 Å². The largest absolute Gasteiger partial charge is 0.481 e. The molecule has 0 saturated heterocycles. The molecule has 1 aromatic rings. The average Bonchev–Trinajstić information content (AvgIpc) is 2.30. The summed E-state index contributed by atoms with van der Waals surface area (Å²) in [5.74, 6) is 0.791. The van der Waals surface area contributed by atoms with Gasteiger partial charge in [0.05, 0.1) is 0 Å². The van der Waals surface area contributed by atoms with Crippen LogP contribution < -0.4 is 10.6 Å². The Kier molecular flexibility index (Phi) is 4.33. The zero-order valence-electron chi connectivity index (χ0n) is 10.2. The normalized spacial score (nSPS) is 14.9. The van der Waals surface area contributed by atoms with E-state index >= 15 is 0 Å². The van der Waals surface area contributed by atoms with Crippen LogP contribution in [0, 0.1) is 0 Å². The molecule has 1 aliphatic carbocycles. The summed E-state index contributed by atoms with van der Waals surface area (Å²) in [7, 11) is 0. The molecule has 1 fully saturated rings. The van der Waals surface area contributed by atoms with Crippen molar-refractivity contribution in [2.45, 2.75) is 38.1 Å². The van der Waals surface area contributed by atoms with Gasteiger partial charge in [0.2, 0.25) is 0 Å². The molecular weight excluding hydrogens is 232 g/mol. The van der Waals surface area contributed by atoms with Crippen molar-refractivity contribution in [1.29, 1.82) is 0 Å². The molecule has 1 heterocycles. The Morgan fingerprint density at radius 2 is 2.17 bits per heavy atom. The van der Waals surface area contributed by atoms with Gasteiger partial charge in [0, 0.05) is 25.1 Å². The summed E-state index contributed by atoms with van der Waals surface area (Å²) >= 11 is 0. The van der Waals surface area contributed by atoms with Gasteiger partial charge < -0.3 is 15.7 Å². The van der Waals surface area contributed by atoms with E-state index in [0.717, 1.165) is 11.6 Å². The third-order valence-corrected chi connectivity index (χ3v) is 3.00. The minimum Gasteiger partial charge on any atom is -0.481 e. The molecule has 18 heavy (non-hydrogen) atoms. The number of hydrogen-bond donors (Lipinski definition) is 3. The van der Waals surface area contributed by atoms with Crippen LogP contribution in [0.4, 0.5) is 11.6 Å². The highest BCUT2D eigenvalue weighted by Gasteiger charge is 2.17. The molecule has 6 nitrogen and oxygen atoms in total. The Hall–Kier alpha value is -1.85. The van der Waals surface area contributed by atoms with Crippen LogP contribution >= 0.6 is 0 Å². The highest BCUT2D eigenvalue weighted by atomic mass is 16.4. The maximum absolute atomic E-state index is 10.4. The monoisotopic (exact) mass is 250 g/mol. The average molecular weight is 250 g/mol. The molecule has 1 aliphatic rings. The zero-order valence-corrected chi connectivity index (χ0v) is 10.2. The first-order chi connectivity index (χ1) is 8.74. The topological polar surface area (TPSA) is 87.1 Å². The second-order valence-electron chi connectivity index (χ2n) is 4.48. The van der Waals surface area contributed by atoms with Crippen LogP contribution in [0.1, 0.15) is 32.1 Å². The summed E-state index contributed by atoms with van der Waals surface area (Å²) in [5, 5.41) is 15.0. The SMILES string of the molecule is O=C(O)CCCNc1cc(NC2CCC2)ncn1. The maximum Gasteiger partial charge on any atom is 0.303 e. The van der Waals surface area contributed by atoms with Crippen molar-refractivity contribution >= 4 is 17.6 Å². The van der Waals surface area contributed by atoms with E-state index in [1.54, 1.807) is 0 Å². The predicted molar refractivity (Wildman–Crippen MR) is 68.7 cm³/mol. The lowest BCUT2D eigenvalue weighted by Crippen LogP contribution is -2.27. The number of nitrogens with zero attached hydrogens (tertiary/aromatic N) is 2. The third kappa shape index (κ3) is 3.87. The first-order valence-electron chi connectivity index (χ1n) is 6.28. The highest BCUT2D eigenvalue weighted by molar-refractivity contribution is 5.66. The molecule has 3 N–H and O–H groups in total. The Balaban J connectivity index is 1.77. The fourth-order valence-corrected chi connectivity index (χ4v) is 1.75. The quantitative estimate of drug-likeness (QED) is 0.639. The van der Waals surface area contributed by atoms with Gasteiger partial charge in [-0.25, -0.2) is 9.97 Å². The highest BCUT2D eigenvalue weighted by Crippen LogP contribution is 2.22. The molecule has 0 aromatic carbocycles. The molecule has 1 saturated carbocycles. The number of anilines is 2. The lowest BCUT2D eigenvalue weighted by atomic mass is 9.93. The molecule has 0 atom stereocenters. The lowest BCUT2D eigenvalue weighted by molar-refractivity contribution is -0.137. The number of carboxylic acid groups (broad SMARTS) is 1. The van der Waals surface area contributed by atoms with E-state index in [-0.39, 0.29) is 6.42 Å². The second kappa shape index (κ2) is 6.18. The third-order valence-electron chi connectivity index (χ3n) is 3.00. The summed E-state index contributed by atoms with van der Waals surface area (Å²) in [6.07, 6.45) is 5.95. The van der Waals surface area contributed by atoms with Crippen molar-refractivity contribution in [3.63, 3.8) is 0 Å². The fourth-order valence-electron chi connectivity index (χ4n) is 1.75. The molecule has 0 radical (unpaired) electrons. The minimum absolute atomic E-state index is 0.172. The van der Waals surface area contributed by atoms with E-state index < -0.39 is 5.97 Å². The summed E-state index contributed by atoms with van der Waals surface area (Å²) in [6, 6.07) is 2.40. The van der Waals surface area contributed by atoms with E-state index in [9.17, 15) is 4.79 Å². The number of carboxylic acids is 1. The van der Waals surface area contributed by atoms with Gasteiger partial charge >= 0.3 is 5.97 Å². The van der Waals surface area contributed by atoms with Gasteiger partial charge in [-0.2, -0.15) is 0 Å². The van der Waals surface area contributed by atoms with E-state index in [2.05, 4.69) is 20.6 Å². The van der Waals surface area contributed by atoms with E-state index in [4.69, 9.17) is 5.11 Å². The summed E-state index contributed by atoms with van der Waals surface area (Å²) in [5.41, 5.74) is 0. The smallest absolute Gasteiger partial charge is 0.303 e. The molecule has 0 aliphatic heterocycles. The molecule has 0 bridgehead atoms. The van der Waals surface area contributed by atoms with Gasteiger partial charge in [-0.15, -0.1) is 0 Å². The predicted octanol–water partition coefficient (Wildman–Crippen LogP) is 1.72. The van der Waals surface area contributed by atoms with Crippen LogP contribution in [0.5, 0.6) is 0 Å². The number of rotatable bonds is 7. The van der Waals surface area contributed by atoms with E-state index in [1.165, 1.54) is 25.6 Å². The molecule has 6 heteroatoms. The Morgan fingerprint density at radius 3 is 2.83 bits per heavy atom. The zero-order chi connectivity index (χ0) is 12.8. The van der Waals surface area contributed by atoms with Gasteiger partial charge in [-0.3, -0.25) is 4.79 Å². The van der Waals surface area contributed by atoms with Gasteiger partial charge in [0.1, 0.15) is 18.0 Å². The lowest BCUT2D eigenvalue weighted by Gasteiger charge is -2.26. The van der Waals surface area contributed by atoms with Crippen LogP contribution in [-0.4, -0.2) is 33.6 Å². The van der Waals surface area contributed by atoms with Crippen LogP contribution in [0.15, 0.2) is 12.4 Å².